The summed E-state index contributed by atoms with van der Waals surface area (Å²) >= 11 is 0. The average molecular weight is 276 g/mol. The van der Waals surface area contributed by atoms with E-state index in [4.69, 9.17) is 0 Å². The van der Waals surface area contributed by atoms with Crippen molar-refractivity contribution in [3.63, 3.8) is 0 Å². The Kier molecular flexibility index (Phi) is 3.58. The van der Waals surface area contributed by atoms with Gasteiger partial charge in [-0.2, -0.15) is 0 Å². The van der Waals surface area contributed by atoms with Gasteiger partial charge in [-0.25, -0.2) is 4.98 Å². The van der Waals surface area contributed by atoms with Crippen LogP contribution in [-0.2, 0) is 11.2 Å². The predicted octanol–water partition coefficient (Wildman–Crippen LogP) is -0.287. The zero-order valence-electron chi connectivity index (χ0n) is 11.7. The van der Waals surface area contributed by atoms with Crippen molar-refractivity contribution >= 4 is 17.9 Å². The number of amides is 1. The van der Waals surface area contributed by atoms with Gasteiger partial charge in [0.05, 0.1) is 12.6 Å². The highest BCUT2D eigenvalue weighted by atomic mass is 16.3. The van der Waals surface area contributed by atoms with Crippen LogP contribution >= 0.6 is 0 Å². The molecule has 1 fully saturated rings. The molecular formula is C14H20N4O2. The molecule has 3 heterocycles. The van der Waals surface area contributed by atoms with Crippen molar-refractivity contribution in [3.05, 3.63) is 17.8 Å². The van der Waals surface area contributed by atoms with E-state index >= 15 is 0 Å². The summed E-state index contributed by atoms with van der Waals surface area (Å²) in [5.41, 5.74) is 2.31. The largest absolute Gasteiger partial charge is 0.395 e. The molecule has 1 unspecified atom stereocenters. The van der Waals surface area contributed by atoms with Crippen LogP contribution in [0.1, 0.15) is 5.56 Å². The fourth-order valence-corrected chi connectivity index (χ4v) is 3.06. The third-order valence-corrected chi connectivity index (χ3v) is 4.34. The van der Waals surface area contributed by atoms with Gasteiger partial charge < -0.3 is 10.0 Å². The Morgan fingerprint density at radius 1 is 1.45 bits per heavy atom. The number of piperazine rings is 1. The minimum absolute atomic E-state index is 0.163. The molecule has 1 saturated heterocycles. The summed E-state index contributed by atoms with van der Waals surface area (Å²) in [6.07, 6.45) is 3.47. The summed E-state index contributed by atoms with van der Waals surface area (Å²) in [7, 11) is 2.04. The van der Waals surface area contributed by atoms with Crippen LogP contribution in [0.2, 0.25) is 0 Å². The molecule has 0 saturated carbocycles. The van der Waals surface area contributed by atoms with E-state index in [-0.39, 0.29) is 12.6 Å². The van der Waals surface area contributed by atoms with E-state index in [9.17, 15) is 9.90 Å². The number of carbonyl (C=O) groups excluding carboxylic acids is 1. The second-order valence-corrected chi connectivity index (χ2v) is 5.44. The van der Waals surface area contributed by atoms with Gasteiger partial charge in [-0.1, -0.05) is 0 Å². The van der Waals surface area contributed by atoms with Crippen LogP contribution in [-0.4, -0.2) is 67.3 Å². The number of aromatic nitrogens is 1. The number of hydrogen-bond donors (Lipinski definition) is 1. The van der Waals surface area contributed by atoms with Gasteiger partial charge in [0.15, 0.2) is 0 Å². The summed E-state index contributed by atoms with van der Waals surface area (Å²) in [6, 6.07) is 2.18. The van der Waals surface area contributed by atoms with Crippen molar-refractivity contribution in [2.75, 3.05) is 49.6 Å². The maximum Gasteiger partial charge on any atom is 0.215 e. The number of rotatable bonds is 3. The second kappa shape index (κ2) is 5.38. The minimum atomic E-state index is 0.163. The first kappa shape index (κ1) is 13.3. The van der Waals surface area contributed by atoms with Gasteiger partial charge in [-0.3, -0.25) is 14.6 Å². The van der Waals surface area contributed by atoms with Crippen LogP contribution in [0.3, 0.4) is 0 Å². The van der Waals surface area contributed by atoms with E-state index in [2.05, 4.69) is 14.8 Å². The van der Waals surface area contributed by atoms with Gasteiger partial charge in [0.2, 0.25) is 6.41 Å². The van der Waals surface area contributed by atoms with E-state index in [1.54, 1.807) is 11.1 Å². The molecule has 6 nitrogen and oxygen atoms in total. The van der Waals surface area contributed by atoms with Gasteiger partial charge in [-0.15, -0.1) is 0 Å². The number of aliphatic hydroxyl groups excluding tert-OH is 1. The molecule has 1 aromatic heterocycles. The van der Waals surface area contributed by atoms with E-state index in [1.807, 2.05) is 13.1 Å². The number of aliphatic hydroxyl groups is 1. The van der Waals surface area contributed by atoms with Gasteiger partial charge in [0.25, 0.3) is 0 Å². The summed E-state index contributed by atoms with van der Waals surface area (Å²) in [4.78, 5) is 21.5. The van der Waals surface area contributed by atoms with Gasteiger partial charge in [0, 0.05) is 43.6 Å². The third-order valence-electron chi connectivity index (χ3n) is 4.34. The molecule has 1 atom stereocenters. The zero-order valence-corrected chi connectivity index (χ0v) is 11.7. The van der Waals surface area contributed by atoms with Crippen molar-refractivity contribution in [1.29, 1.82) is 0 Å². The van der Waals surface area contributed by atoms with Gasteiger partial charge in [-0.05, 0) is 19.5 Å². The number of anilines is 2. The molecule has 1 aromatic rings. The minimum Gasteiger partial charge on any atom is -0.395 e. The lowest BCUT2D eigenvalue weighted by Gasteiger charge is -2.40. The van der Waals surface area contributed by atoms with Gasteiger partial charge >= 0.3 is 0 Å². The third kappa shape index (κ3) is 2.14. The fraction of sp³-hybridized carbons (Fsp3) is 0.571. The van der Waals surface area contributed by atoms with E-state index in [0.717, 1.165) is 49.5 Å². The Bertz CT molecular complexity index is 508. The molecule has 0 spiro atoms. The molecule has 2 aliphatic rings. The van der Waals surface area contributed by atoms with E-state index in [0.29, 0.717) is 6.54 Å². The molecular weight excluding hydrogens is 256 g/mol. The Hall–Kier alpha value is -1.66. The number of nitrogens with zero attached hydrogens (tertiary/aromatic N) is 4. The van der Waals surface area contributed by atoms with Crippen LogP contribution in [0, 0.1) is 0 Å². The number of carbonyl (C=O) groups is 1. The molecule has 6 heteroatoms. The smallest absolute Gasteiger partial charge is 0.215 e. The Morgan fingerprint density at radius 2 is 2.30 bits per heavy atom. The molecule has 0 bridgehead atoms. The lowest BCUT2D eigenvalue weighted by molar-refractivity contribution is -0.107. The highest BCUT2D eigenvalue weighted by Gasteiger charge is 2.29. The maximum atomic E-state index is 11.0. The highest BCUT2D eigenvalue weighted by Crippen LogP contribution is 2.33. The van der Waals surface area contributed by atoms with Crippen LogP contribution in [0.25, 0.3) is 0 Å². The maximum absolute atomic E-state index is 11.0. The number of likely N-dealkylation sites (N-methyl/N-ethyl adjacent to an activating group) is 1. The molecule has 0 radical (unpaired) electrons. The Morgan fingerprint density at radius 3 is 3.05 bits per heavy atom. The lowest BCUT2D eigenvalue weighted by atomic mass is 10.1. The standard InChI is InChI=1S/C14H20N4O2/c1-16-6-7-17(8-11(16)9-19)13-2-4-15-14-12(13)3-5-18(14)10-20/h2,4,10-11,19H,3,5-9H2,1H3. The van der Waals surface area contributed by atoms with Crippen molar-refractivity contribution in [2.45, 2.75) is 12.5 Å². The van der Waals surface area contributed by atoms with Crippen LogP contribution < -0.4 is 9.80 Å². The fourth-order valence-electron chi connectivity index (χ4n) is 3.06. The topological polar surface area (TPSA) is 59.9 Å². The van der Waals surface area contributed by atoms with Crippen molar-refractivity contribution in [3.8, 4) is 0 Å². The Labute approximate surface area is 118 Å². The summed E-state index contributed by atoms with van der Waals surface area (Å²) < 4.78 is 0. The molecule has 108 valence electrons. The first-order valence-electron chi connectivity index (χ1n) is 7.00. The van der Waals surface area contributed by atoms with E-state index < -0.39 is 0 Å². The summed E-state index contributed by atoms with van der Waals surface area (Å²) in [6.45, 7) is 3.55. The highest BCUT2D eigenvalue weighted by molar-refractivity contribution is 5.80. The number of hydrogen-bond acceptors (Lipinski definition) is 5. The first-order valence-corrected chi connectivity index (χ1v) is 7.00. The van der Waals surface area contributed by atoms with Crippen LogP contribution in [0.15, 0.2) is 12.3 Å². The summed E-state index contributed by atoms with van der Waals surface area (Å²) in [5.74, 6) is 0.789. The average Bonchev–Trinajstić information content (AvgIpc) is 2.91. The van der Waals surface area contributed by atoms with Crippen LogP contribution in [0.5, 0.6) is 0 Å². The van der Waals surface area contributed by atoms with Crippen molar-refractivity contribution < 1.29 is 9.90 Å². The molecule has 1 amide bonds. The number of fused-ring (bicyclic) bond motifs is 1. The predicted molar refractivity (Wildman–Crippen MR) is 77.1 cm³/mol. The zero-order chi connectivity index (χ0) is 14.1. The molecule has 20 heavy (non-hydrogen) atoms. The molecule has 2 aliphatic heterocycles. The van der Waals surface area contributed by atoms with Gasteiger partial charge in [0.1, 0.15) is 5.82 Å². The number of pyridine rings is 1. The van der Waals surface area contributed by atoms with Crippen molar-refractivity contribution in [2.24, 2.45) is 0 Å². The lowest BCUT2D eigenvalue weighted by Crippen LogP contribution is -2.53. The molecule has 0 aromatic carbocycles. The quantitative estimate of drug-likeness (QED) is 0.769. The SMILES string of the molecule is CN1CCN(c2ccnc3c2CCN3C=O)CC1CO. The van der Waals surface area contributed by atoms with E-state index in [1.165, 1.54) is 0 Å². The molecule has 0 aliphatic carbocycles. The molecule has 1 N–H and O–H groups in total. The van der Waals surface area contributed by atoms with Crippen LogP contribution in [0.4, 0.5) is 11.5 Å². The van der Waals surface area contributed by atoms with Crippen molar-refractivity contribution in [1.82, 2.24) is 9.88 Å². The summed E-state index contributed by atoms with van der Waals surface area (Å²) in [5, 5.41) is 9.46. The monoisotopic (exact) mass is 276 g/mol. The normalized spacial score (nSPS) is 23.0. The first-order chi connectivity index (χ1) is 9.74. The second-order valence-electron chi connectivity index (χ2n) is 5.44. The Balaban J connectivity index is 1.88. The molecule has 3 rings (SSSR count).